The number of hydrogen-bond acceptors (Lipinski definition) is 4. The first-order valence-corrected chi connectivity index (χ1v) is 5.41. The van der Waals surface area contributed by atoms with Crippen molar-refractivity contribution in [1.82, 2.24) is 5.32 Å². The van der Waals surface area contributed by atoms with E-state index in [1.807, 2.05) is 0 Å². The van der Waals surface area contributed by atoms with Crippen LogP contribution in [-0.4, -0.2) is 37.6 Å². The highest BCUT2D eigenvalue weighted by molar-refractivity contribution is 7.85. The summed E-state index contributed by atoms with van der Waals surface area (Å²) < 4.78 is 28.9. The van der Waals surface area contributed by atoms with Crippen molar-refractivity contribution >= 4 is 16.0 Å². The van der Waals surface area contributed by atoms with Crippen molar-refractivity contribution in [2.24, 2.45) is 4.99 Å². The van der Waals surface area contributed by atoms with Crippen molar-refractivity contribution < 1.29 is 13.0 Å². The second-order valence-electron chi connectivity index (χ2n) is 2.64. The molecule has 0 saturated carbocycles. The van der Waals surface area contributed by atoms with Gasteiger partial charge in [-0.25, -0.2) is 0 Å². The van der Waals surface area contributed by atoms with Gasteiger partial charge in [0.05, 0.1) is 11.6 Å². The van der Waals surface area contributed by atoms with Crippen LogP contribution in [0.1, 0.15) is 12.8 Å². The summed E-state index contributed by atoms with van der Waals surface area (Å²) in [5.74, 6) is 0.588. The number of rotatable bonds is 3. The van der Waals surface area contributed by atoms with E-state index in [9.17, 15) is 8.42 Å². The third-order valence-electron chi connectivity index (χ3n) is 1.56. The highest BCUT2D eigenvalue weighted by Gasteiger charge is 2.07. The van der Waals surface area contributed by atoms with E-state index in [1.54, 1.807) is 0 Å². The van der Waals surface area contributed by atoms with E-state index in [0.29, 0.717) is 0 Å². The molecule has 70 valence electrons. The largest absolute Gasteiger partial charge is 0.373 e. The van der Waals surface area contributed by atoms with Gasteiger partial charge < -0.3 is 5.32 Å². The molecule has 1 rings (SSSR count). The highest BCUT2D eigenvalue weighted by atomic mass is 32.2. The van der Waals surface area contributed by atoms with E-state index in [4.69, 9.17) is 4.55 Å². The number of amidine groups is 1. The molecule has 0 aromatic rings. The molecule has 1 aliphatic rings. The molecule has 0 aromatic carbocycles. The smallest absolute Gasteiger partial charge is 0.266 e. The van der Waals surface area contributed by atoms with Gasteiger partial charge >= 0.3 is 0 Å². The normalized spacial score (nSPS) is 17.6. The minimum atomic E-state index is -3.83. The fraction of sp³-hybridized carbons (Fsp3) is 0.833. The summed E-state index contributed by atoms with van der Waals surface area (Å²) >= 11 is 0. The summed E-state index contributed by atoms with van der Waals surface area (Å²) in [5.41, 5.74) is 0. The zero-order valence-corrected chi connectivity index (χ0v) is 7.47. The average molecular weight is 192 g/mol. The van der Waals surface area contributed by atoms with Crippen LogP contribution in [0.2, 0.25) is 0 Å². The summed E-state index contributed by atoms with van der Waals surface area (Å²) in [5, 5.41) is 2.85. The van der Waals surface area contributed by atoms with Gasteiger partial charge in [0.15, 0.2) is 0 Å². The topological polar surface area (TPSA) is 78.8 Å². The van der Waals surface area contributed by atoms with Gasteiger partial charge in [-0.05, 0) is 6.42 Å². The number of aliphatic imine (C=N–C) groups is 1. The molecule has 0 atom stereocenters. The van der Waals surface area contributed by atoms with Crippen molar-refractivity contribution in [3.63, 3.8) is 0 Å². The molecule has 6 heteroatoms. The minimum Gasteiger partial charge on any atom is -0.373 e. The number of hydrogen-bond donors (Lipinski definition) is 2. The fourth-order valence-electron chi connectivity index (χ4n) is 1.01. The first-order chi connectivity index (χ1) is 5.58. The Hall–Kier alpha value is -0.620. The standard InChI is InChI=1S/C6H12N2O3S/c9-12(10,11)5-4-8-6-2-1-3-7-6/h1-5H2,(H,7,8)(H,9,10,11). The Balaban J connectivity index is 2.18. The maximum Gasteiger partial charge on any atom is 0.266 e. The Morgan fingerprint density at radius 2 is 2.33 bits per heavy atom. The lowest BCUT2D eigenvalue weighted by atomic mass is 10.3. The van der Waals surface area contributed by atoms with Crippen molar-refractivity contribution in [3.8, 4) is 0 Å². The molecule has 5 nitrogen and oxygen atoms in total. The fourth-order valence-corrected chi connectivity index (χ4v) is 1.37. The predicted octanol–water partition coefficient (Wildman–Crippen LogP) is -0.344. The Morgan fingerprint density at radius 3 is 2.83 bits per heavy atom. The maximum absolute atomic E-state index is 10.3. The van der Waals surface area contributed by atoms with E-state index in [1.165, 1.54) is 0 Å². The van der Waals surface area contributed by atoms with Gasteiger partial charge in [-0.3, -0.25) is 9.55 Å². The Bertz CT molecular complexity index is 271. The van der Waals surface area contributed by atoms with Gasteiger partial charge in [-0.15, -0.1) is 0 Å². The van der Waals surface area contributed by atoms with Crippen molar-refractivity contribution in [3.05, 3.63) is 0 Å². The molecule has 0 amide bonds. The van der Waals surface area contributed by atoms with Crippen molar-refractivity contribution in [1.29, 1.82) is 0 Å². The Labute approximate surface area is 71.6 Å². The van der Waals surface area contributed by atoms with E-state index in [-0.39, 0.29) is 12.3 Å². The minimum absolute atomic E-state index is 0.234. The van der Waals surface area contributed by atoms with Gasteiger partial charge in [-0.1, -0.05) is 0 Å². The second kappa shape index (κ2) is 3.86. The summed E-state index contributed by atoms with van der Waals surface area (Å²) in [6, 6.07) is 0. The third-order valence-corrected chi connectivity index (χ3v) is 2.28. The monoisotopic (exact) mass is 192 g/mol. The molecule has 1 aliphatic heterocycles. The lowest BCUT2D eigenvalue weighted by molar-refractivity contribution is 0.482. The first kappa shape index (κ1) is 9.47. The molecule has 0 fully saturated rings. The Kier molecular flexibility index (Phi) is 3.05. The van der Waals surface area contributed by atoms with Crippen LogP contribution in [0.4, 0.5) is 0 Å². The molecule has 0 aromatic heterocycles. The molecule has 0 spiro atoms. The molecule has 0 radical (unpaired) electrons. The van der Waals surface area contributed by atoms with E-state index >= 15 is 0 Å². The maximum atomic E-state index is 10.3. The summed E-state index contributed by atoms with van der Waals surface area (Å²) in [7, 11) is -3.83. The molecule has 0 unspecified atom stereocenters. The van der Waals surface area contributed by atoms with Gasteiger partial charge in [0.25, 0.3) is 10.1 Å². The van der Waals surface area contributed by atoms with Crippen LogP contribution < -0.4 is 5.32 Å². The average Bonchev–Trinajstić information content (AvgIpc) is 2.36. The van der Waals surface area contributed by atoms with E-state index in [2.05, 4.69) is 10.3 Å². The van der Waals surface area contributed by atoms with Gasteiger partial charge in [0, 0.05) is 19.5 Å². The molecule has 2 N–H and O–H groups in total. The predicted molar refractivity (Wildman–Crippen MR) is 46.0 cm³/mol. The van der Waals surface area contributed by atoms with Gasteiger partial charge in [-0.2, -0.15) is 8.42 Å². The molecule has 0 aliphatic carbocycles. The molecule has 0 saturated heterocycles. The van der Waals surface area contributed by atoms with Crippen LogP contribution >= 0.6 is 0 Å². The molecular weight excluding hydrogens is 180 g/mol. The first-order valence-electron chi connectivity index (χ1n) is 3.80. The van der Waals surface area contributed by atoms with E-state index in [0.717, 1.165) is 25.2 Å². The molecular formula is C6H12N2O3S. The second-order valence-corrected chi connectivity index (χ2v) is 4.22. The summed E-state index contributed by atoms with van der Waals surface area (Å²) in [6.45, 7) is 1.05. The lowest BCUT2D eigenvalue weighted by Crippen LogP contribution is -2.27. The van der Waals surface area contributed by atoms with Crippen LogP contribution in [0.3, 0.4) is 0 Å². The molecule has 12 heavy (non-hydrogen) atoms. The third kappa shape index (κ3) is 3.68. The SMILES string of the molecule is O=S(=O)(O)CCNC1=NCCC1. The number of nitrogens with one attached hydrogen (secondary N) is 1. The highest BCUT2D eigenvalue weighted by Crippen LogP contribution is 2.00. The van der Waals surface area contributed by atoms with Gasteiger partial charge in [0.2, 0.25) is 0 Å². The Morgan fingerprint density at radius 1 is 1.58 bits per heavy atom. The zero-order chi connectivity index (χ0) is 9.03. The van der Waals surface area contributed by atoms with Crippen LogP contribution in [0, 0.1) is 0 Å². The summed E-state index contributed by atoms with van der Waals surface area (Å²) in [4.78, 5) is 4.08. The molecule has 1 heterocycles. The van der Waals surface area contributed by atoms with Crippen LogP contribution in [0.5, 0.6) is 0 Å². The quantitative estimate of drug-likeness (QED) is 0.599. The van der Waals surface area contributed by atoms with Crippen LogP contribution in [-0.2, 0) is 10.1 Å². The van der Waals surface area contributed by atoms with Crippen LogP contribution in [0.25, 0.3) is 0 Å². The van der Waals surface area contributed by atoms with Gasteiger partial charge in [0.1, 0.15) is 0 Å². The number of nitrogens with zero attached hydrogens (tertiary/aromatic N) is 1. The molecule has 0 bridgehead atoms. The van der Waals surface area contributed by atoms with Crippen LogP contribution in [0.15, 0.2) is 4.99 Å². The lowest BCUT2D eigenvalue weighted by Gasteiger charge is -2.02. The van der Waals surface area contributed by atoms with Crippen molar-refractivity contribution in [2.45, 2.75) is 12.8 Å². The van der Waals surface area contributed by atoms with Crippen molar-refractivity contribution in [2.75, 3.05) is 18.8 Å². The summed E-state index contributed by atoms with van der Waals surface area (Å²) in [6.07, 6.45) is 1.90. The zero-order valence-electron chi connectivity index (χ0n) is 6.65. The van der Waals surface area contributed by atoms with E-state index < -0.39 is 10.1 Å².